The molecule has 0 aliphatic carbocycles. The fraction of sp³-hybridized carbons (Fsp3) is 0.350. The normalized spacial score (nSPS) is 17.5. The highest BCUT2D eigenvalue weighted by Crippen LogP contribution is 2.18. The predicted molar refractivity (Wildman–Crippen MR) is 93.4 cm³/mol. The van der Waals surface area contributed by atoms with Gasteiger partial charge in [-0.2, -0.15) is 0 Å². The van der Waals surface area contributed by atoms with Crippen molar-refractivity contribution >= 4 is 5.91 Å². The second kappa shape index (κ2) is 7.97. The lowest BCUT2D eigenvalue weighted by Gasteiger charge is -2.33. The fourth-order valence-corrected chi connectivity index (χ4v) is 2.99. The van der Waals surface area contributed by atoms with Gasteiger partial charge in [-0.15, -0.1) is 0 Å². The average molecular weight is 325 g/mol. The fourth-order valence-electron chi connectivity index (χ4n) is 2.99. The Morgan fingerprint density at radius 2 is 2.04 bits per heavy atom. The Balaban J connectivity index is 1.59. The van der Waals surface area contributed by atoms with Gasteiger partial charge >= 0.3 is 0 Å². The van der Waals surface area contributed by atoms with Gasteiger partial charge in [-0.05, 0) is 36.6 Å². The Morgan fingerprint density at radius 3 is 2.83 bits per heavy atom. The van der Waals surface area contributed by atoms with Gasteiger partial charge in [-0.25, -0.2) is 0 Å². The van der Waals surface area contributed by atoms with Crippen LogP contribution in [0.5, 0.6) is 5.75 Å². The van der Waals surface area contributed by atoms with Crippen molar-refractivity contribution in [3.63, 3.8) is 0 Å². The molecule has 126 valence electrons. The summed E-state index contributed by atoms with van der Waals surface area (Å²) in [5.74, 6) is 0.747. The summed E-state index contributed by atoms with van der Waals surface area (Å²) >= 11 is 0. The largest absolute Gasteiger partial charge is 0.497 e. The lowest BCUT2D eigenvalue weighted by atomic mass is 10.1. The van der Waals surface area contributed by atoms with E-state index in [1.165, 1.54) is 5.56 Å². The molecular weight excluding hydrogens is 302 g/mol. The molecule has 1 saturated heterocycles. The lowest BCUT2D eigenvalue weighted by molar-refractivity contribution is -0.0246. The summed E-state index contributed by atoms with van der Waals surface area (Å²) in [6, 6.07) is 17.7. The van der Waals surface area contributed by atoms with E-state index in [4.69, 9.17) is 9.47 Å². The van der Waals surface area contributed by atoms with E-state index in [2.05, 4.69) is 24.3 Å². The van der Waals surface area contributed by atoms with Crippen molar-refractivity contribution < 1.29 is 14.3 Å². The zero-order chi connectivity index (χ0) is 16.8. The number of hydrogen-bond acceptors (Lipinski definition) is 3. The van der Waals surface area contributed by atoms with Gasteiger partial charge in [0.2, 0.25) is 0 Å². The van der Waals surface area contributed by atoms with Crippen LogP contribution in [0.2, 0.25) is 0 Å². The van der Waals surface area contributed by atoms with Gasteiger partial charge in [0, 0.05) is 18.7 Å². The smallest absolute Gasteiger partial charge is 0.254 e. The number of hydrogen-bond donors (Lipinski definition) is 0. The Bertz CT molecular complexity index is 672. The first-order chi connectivity index (χ1) is 11.8. The van der Waals surface area contributed by atoms with Crippen LogP contribution in [0.1, 0.15) is 22.3 Å². The maximum atomic E-state index is 12.7. The molecular formula is C20H23NO3. The zero-order valence-corrected chi connectivity index (χ0v) is 14.0. The van der Waals surface area contributed by atoms with Crippen LogP contribution in [0, 0.1) is 0 Å². The molecule has 0 bridgehead atoms. The minimum Gasteiger partial charge on any atom is -0.497 e. The molecule has 1 aliphatic rings. The molecule has 1 atom stereocenters. The van der Waals surface area contributed by atoms with Gasteiger partial charge in [0.05, 0.1) is 19.8 Å². The molecule has 2 aromatic carbocycles. The van der Waals surface area contributed by atoms with Gasteiger partial charge < -0.3 is 14.4 Å². The minimum absolute atomic E-state index is 0.0434. The summed E-state index contributed by atoms with van der Waals surface area (Å²) in [5.41, 5.74) is 1.97. The maximum Gasteiger partial charge on any atom is 0.254 e. The Hall–Kier alpha value is -2.33. The molecule has 0 N–H and O–H groups in total. The summed E-state index contributed by atoms with van der Waals surface area (Å²) in [5, 5.41) is 0. The minimum atomic E-state index is 0.0434. The molecule has 4 heteroatoms. The van der Waals surface area contributed by atoms with Crippen LogP contribution in [-0.2, 0) is 11.2 Å². The predicted octanol–water partition coefficient (Wildman–Crippen LogP) is 3.17. The van der Waals surface area contributed by atoms with E-state index in [1.807, 2.05) is 29.2 Å². The molecule has 24 heavy (non-hydrogen) atoms. The molecule has 0 spiro atoms. The van der Waals surface area contributed by atoms with E-state index in [0.717, 1.165) is 12.8 Å². The van der Waals surface area contributed by atoms with Crippen molar-refractivity contribution in [2.24, 2.45) is 0 Å². The summed E-state index contributed by atoms with van der Waals surface area (Å²) in [7, 11) is 1.61. The number of morpholine rings is 1. The number of ether oxygens (including phenoxy) is 2. The van der Waals surface area contributed by atoms with Gasteiger partial charge in [0.25, 0.3) is 5.91 Å². The molecule has 0 saturated carbocycles. The number of nitrogens with zero attached hydrogens (tertiary/aromatic N) is 1. The molecule has 1 amide bonds. The standard InChI is InChI=1S/C20H23NO3/c1-23-18-9-5-8-17(14-18)20(22)21-12-13-24-19(15-21)11-10-16-6-3-2-4-7-16/h2-9,14,19H,10-13,15H2,1H3. The number of aryl methyl sites for hydroxylation is 1. The van der Waals surface area contributed by atoms with Crippen LogP contribution in [0.15, 0.2) is 54.6 Å². The first kappa shape index (κ1) is 16.5. The lowest BCUT2D eigenvalue weighted by Crippen LogP contribution is -2.45. The second-order valence-electron chi connectivity index (χ2n) is 6.00. The molecule has 2 aromatic rings. The number of carbonyl (C=O) groups excluding carboxylic acids is 1. The Labute approximate surface area is 143 Å². The molecule has 1 unspecified atom stereocenters. The summed E-state index contributed by atoms with van der Waals surface area (Å²) in [6.07, 6.45) is 1.98. The monoisotopic (exact) mass is 325 g/mol. The van der Waals surface area contributed by atoms with Gasteiger partial charge in [0.15, 0.2) is 0 Å². The van der Waals surface area contributed by atoms with E-state index in [-0.39, 0.29) is 12.0 Å². The first-order valence-electron chi connectivity index (χ1n) is 8.35. The molecule has 1 fully saturated rings. The molecule has 0 radical (unpaired) electrons. The van der Waals surface area contributed by atoms with E-state index in [9.17, 15) is 4.79 Å². The summed E-state index contributed by atoms with van der Waals surface area (Å²) < 4.78 is 11.0. The zero-order valence-electron chi connectivity index (χ0n) is 14.0. The van der Waals surface area contributed by atoms with Crippen LogP contribution in [0.4, 0.5) is 0 Å². The molecule has 1 heterocycles. The Morgan fingerprint density at radius 1 is 1.21 bits per heavy atom. The number of carbonyl (C=O) groups is 1. The molecule has 1 aliphatic heterocycles. The molecule has 4 nitrogen and oxygen atoms in total. The first-order valence-corrected chi connectivity index (χ1v) is 8.35. The van der Waals surface area contributed by atoms with Crippen LogP contribution in [-0.4, -0.2) is 43.7 Å². The summed E-state index contributed by atoms with van der Waals surface area (Å²) in [6.45, 7) is 1.87. The van der Waals surface area contributed by atoms with Crippen molar-refractivity contribution in [1.82, 2.24) is 4.90 Å². The highest BCUT2D eigenvalue weighted by molar-refractivity contribution is 5.94. The Kier molecular flexibility index (Phi) is 5.49. The summed E-state index contributed by atoms with van der Waals surface area (Å²) in [4.78, 5) is 14.6. The maximum absolute atomic E-state index is 12.7. The van der Waals surface area contributed by atoms with Gasteiger partial charge in [-0.3, -0.25) is 4.79 Å². The highest BCUT2D eigenvalue weighted by atomic mass is 16.5. The third kappa shape index (κ3) is 4.15. The number of benzene rings is 2. The van der Waals surface area contributed by atoms with Crippen molar-refractivity contribution in [3.8, 4) is 5.75 Å². The van der Waals surface area contributed by atoms with Crippen LogP contribution < -0.4 is 4.74 Å². The van der Waals surface area contributed by atoms with Crippen molar-refractivity contribution in [1.29, 1.82) is 0 Å². The highest BCUT2D eigenvalue weighted by Gasteiger charge is 2.25. The number of amides is 1. The third-order valence-electron chi connectivity index (χ3n) is 4.34. The van der Waals surface area contributed by atoms with Gasteiger partial charge in [-0.1, -0.05) is 36.4 Å². The van der Waals surface area contributed by atoms with Gasteiger partial charge in [0.1, 0.15) is 5.75 Å². The van der Waals surface area contributed by atoms with E-state index in [1.54, 1.807) is 13.2 Å². The van der Waals surface area contributed by atoms with Crippen molar-refractivity contribution in [3.05, 3.63) is 65.7 Å². The number of rotatable bonds is 5. The van der Waals surface area contributed by atoms with Crippen LogP contribution >= 0.6 is 0 Å². The quantitative estimate of drug-likeness (QED) is 0.847. The van der Waals surface area contributed by atoms with E-state index < -0.39 is 0 Å². The SMILES string of the molecule is COc1cccc(C(=O)N2CCOC(CCc3ccccc3)C2)c1. The van der Waals surface area contributed by atoms with Crippen LogP contribution in [0.3, 0.4) is 0 Å². The van der Waals surface area contributed by atoms with Crippen LogP contribution in [0.25, 0.3) is 0 Å². The number of methoxy groups -OCH3 is 1. The topological polar surface area (TPSA) is 38.8 Å². The van der Waals surface area contributed by atoms with E-state index in [0.29, 0.717) is 31.0 Å². The molecule has 0 aromatic heterocycles. The molecule has 3 rings (SSSR count). The average Bonchev–Trinajstić information content (AvgIpc) is 2.67. The second-order valence-corrected chi connectivity index (χ2v) is 6.00. The third-order valence-corrected chi connectivity index (χ3v) is 4.34. The van der Waals surface area contributed by atoms with Crippen molar-refractivity contribution in [2.75, 3.05) is 26.8 Å². The van der Waals surface area contributed by atoms with E-state index >= 15 is 0 Å². The van der Waals surface area contributed by atoms with Crippen molar-refractivity contribution in [2.45, 2.75) is 18.9 Å².